The Morgan fingerprint density at radius 3 is 2.35 bits per heavy atom. The topological polar surface area (TPSA) is 71.1 Å². The van der Waals surface area contributed by atoms with E-state index in [2.05, 4.69) is 21.9 Å². The lowest BCUT2D eigenvalue weighted by Crippen LogP contribution is -2.13. The minimum atomic E-state index is -3.71. The number of anilines is 3. The molecule has 1 aromatic heterocycles. The predicted molar refractivity (Wildman–Crippen MR) is 106 cm³/mol. The monoisotopic (exact) mass is 387 g/mol. The molecule has 26 heavy (non-hydrogen) atoms. The van der Waals surface area contributed by atoms with Gasteiger partial charge in [0.15, 0.2) is 0 Å². The predicted octanol–water partition coefficient (Wildman–Crippen LogP) is 4.90. The van der Waals surface area contributed by atoms with Crippen molar-refractivity contribution in [1.29, 1.82) is 0 Å². The summed E-state index contributed by atoms with van der Waals surface area (Å²) in [5, 5.41) is 3.56. The molecular formula is C19H18ClN3O2S. The van der Waals surface area contributed by atoms with E-state index in [0.29, 0.717) is 16.5 Å². The number of benzene rings is 2. The molecule has 0 aliphatic rings. The van der Waals surface area contributed by atoms with Crippen molar-refractivity contribution in [2.75, 3.05) is 10.0 Å². The van der Waals surface area contributed by atoms with Crippen LogP contribution >= 0.6 is 11.6 Å². The fourth-order valence-corrected chi connectivity index (χ4v) is 3.69. The van der Waals surface area contributed by atoms with Gasteiger partial charge in [-0.1, -0.05) is 23.7 Å². The lowest BCUT2D eigenvalue weighted by atomic mass is 10.1. The van der Waals surface area contributed by atoms with Crippen LogP contribution in [-0.4, -0.2) is 13.4 Å². The number of halogens is 1. The molecule has 0 unspecified atom stereocenters. The Morgan fingerprint density at radius 1 is 0.923 bits per heavy atom. The van der Waals surface area contributed by atoms with E-state index in [0.717, 1.165) is 5.69 Å². The molecular weight excluding hydrogens is 370 g/mol. The van der Waals surface area contributed by atoms with Crippen molar-refractivity contribution in [3.8, 4) is 0 Å². The Kier molecular flexibility index (Phi) is 5.15. The van der Waals surface area contributed by atoms with Gasteiger partial charge in [0.1, 0.15) is 5.82 Å². The zero-order chi connectivity index (χ0) is 18.7. The third-order valence-corrected chi connectivity index (χ3v) is 5.52. The molecule has 0 fully saturated rings. The van der Waals surface area contributed by atoms with Crippen LogP contribution in [0.5, 0.6) is 0 Å². The van der Waals surface area contributed by atoms with Gasteiger partial charge in [0.2, 0.25) is 0 Å². The van der Waals surface area contributed by atoms with Gasteiger partial charge in [0.25, 0.3) is 10.0 Å². The summed E-state index contributed by atoms with van der Waals surface area (Å²) in [5.41, 5.74) is 3.69. The van der Waals surface area contributed by atoms with Crippen molar-refractivity contribution in [2.45, 2.75) is 18.7 Å². The number of pyridine rings is 1. The van der Waals surface area contributed by atoms with Gasteiger partial charge < -0.3 is 5.32 Å². The summed E-state index contributed by atoms with van der Waals surface area (Å²) in [6, 6.07) is 15.5. The highest BCUT2D eigenvalue weighted by molar-refractivity contribution is 7.92. The van der Waals surface area contributed by atoms with E-state index in [-0.39, 0.29) is 4.90 Å². The van der Waals surface area contributed by atoms with Crippen LogP contribution in [0, 0.1) is 13.8 Å². The average Bonchev–Trinajstić information content (AvgIpc) is 2.60. The summed E-state index contributed by atoms with van der Waals surface area (Å²) in [6.07, 6.45) is 1.46. The largest absolute Gasteiger partial charge is 0.340 e. The standard InChI is InChI=1S/C19H18ClN3O2S/c1-13-6-7-16(10-14(13)2)22-19-9-8-17(12-21-19)23-26(24,25)18-5-3-4-15(20)11-18/h3-12,23H,1-2H3,(H,21,22). The molecule has 2 aromatic carbocycles. The van der Waals surface area contributed by atoms with Gasteiger partial charge in [-0.15, -0.1) is 0 Å². The average molecular weight is 388 g/mol. The van der Waals surface area contributed by atoms with Crippen molar-refractivity contribution in [3.05, 3.63) is 76.9 Å². The van der Waals surface area contributed by atoms with Gasteiger partial charge in [-0.05, 0) is 67.4 Å². The lowest BCUT2D eigenvalue weighted by molar-refractivity contribution is 0.601. The molecule has 0 saturated heterocycles. The summed E-state index contributed by atoms with van der Waals surface area (Å²) in [5.74, 6) is 0.624. The maximum Gasteiger partial charge on any atom is 0.261 e. The van der Waals surface area contributed by atoms with Crippen LogP contribution < -0.4 is 10.0 Å². The van der Waals surface area contributed by atoms with Crippen molar-refractivity contribution in [2.24, 2.45) is 0 Å². The quantitative estimate of drug-likeness (QED) is 0.653. The van der Waals surface area contributed by atoms with Crippen molar-refractivity contribution in [1.82, 2.24) is 4.98 Å². The molecule has 0 saturated carbocycles. The number of hydrogen-bond donors (Lipinski definition) is 2. The summed E-state index contributed by atoms with van der Waals surface area (Å²) in [4.78, 5) is 4.36. The molecule has 0 spiro atoms. The van der Waals surface area contributed by atoms with Crippen molar-refractivity contribution < 1.29 is 8.42 Å². The summed E-state index contributed by atoms with van der Waals surface area (Å²) in [6.45, 7) is 4.10. The van der Waals surface area contributed by atoms with E-state index in [1.165, 1.54) is 29.5 Å². The number of hydrogen-bond acceptors (Lipinski definition) is 4. The van der Waals surface area contributed by atoms with Gasteiger partial charge in [-0.2, -0.15) is 0 Å². The van der Waals surface area contributed by atoms with Crippen LogP contribution in [0.2, 0.25) is 5.02 Å². The summed E-state index contributed by atoms with van der Waals surface area (Å²) < 4.78 is 27.3. The fraction of sp³-hybridized carbons (Fsp3) is 0.105. The van der Waals surface area contributed by atoms with Gasteiger partial charge in [0.05, 0.1) is 16.8 Å². The van der Waals surface area contributed by atoms with Gasteiger partial charge in [-0.3, -0.25) is 4.72 Å². The van der Waals surface area contributed by atoms with Crippen LogP contribution in [0.1, 0.15) is 11.1 Å². The van der Waals surface area contributed by atoms with E-state index >= 15 is 0 Å². The molecule has 3 rings (SSSR count). The molecule has 1 heterocycles. The molecule has 2 N–H and O–H groups in total. The van der Waals surface area contributed by atoms with E-state index in [9.17, 15) is 8.42 Å². The van der Waals surface area contributed by atoms with Crippen LogP contribution in [0.4, 0.5) is 17.2 Å². The fourth-order valence-electron chi connectivity index (χ4n) is 2.34. The van der Waals surface area contributed by atoms with Crippen molar-refractivity contribution in [3.63, 3.8) is 0 Å². The zero-order valence-corrected chi connectivity index (χ0v) is 15.9. The molecule has 0 atom stereocenters. The number of nitrogens with zero attached hydrogens (tertiary/aromatic N) is 1. The molecule has 0 radical (unpaired) electrons. The Morgan fingerprint density at radius 2 is 1.69 bits per heavy atom. The molecule has 134 valence electrons. The van der Waals surface area contributed by atoms with Gasteiger partial charge in [0, 0.05) is 10.7 Å². The second kappa shape index (κ2) is 7.35. The maximum absolute atomic E-state index is 12.4. The van der Waals surface area contributed by atoms with E-state index in [1.807, 2.05) is 25.1 Å². The third-order valence-electron chi connectivity index (χ3n) is 3.90. The minimum Gasteiger partial charge on any atom is -0.340 e. The van der Waals surface area contributed by atoms with E-state index in [1.54, 1.807) is 24.3 Å². The Labute approximate surface area is 158 Å². The summed E-state index contributed by atoms with van der Waals surface area (Å²) in [7, 11) is -3.71. The molecule has 0 amide bonds. The molecule has 5 nitrogen and oxygen atoms in total. The van der Waals surface area contributed by atoms with Gasteiger partial charge >= 0.3 is 0 Å². The van der Waals surface area contributed by atoms with Gasteiger partial charge in [-0.25, -0.2) is 13.4 Å². The maximum atomic E-state index is 12.4. The molecule has 7 heteroatoms. The highest BCUT2D eigenvalue weighted by Gasteiger charge is 2.14. The Balaban J connectivity index is 1.74. The molecule has 0 aliphatic heterocycles. The number of rotatable bonds is 5. The van der Waals surface area contributed by atoms with Crippen LogP contribution in [0.25, 0.3) is 0 Å². The molecule has 3 aromatic rings. The SMILES string of the molecule is Cc1ccc(Nc2ccc(NS(=O)(=O)c3cccc(Cl)c3)cn2)cc1C. The number of sulfonamides is 1. The Hall–Kier alpha value is -2.57. The van der Waals surface area contributed by atoms with Crippen LogP contribution in [0.3, 0.4) is 0 Å². The first-order valence-electron chi connectivity index (χ1n) is 7.92. The van der Waals surface area contributed by atoms with Crippen molar-refractivity contribution >= 4 is 38.8 Å². The highest BCUT2D eigenvalue weighted by Crippen LogP contribution is 2.21. The first kappa shape index (κ1) is 18.2. The second-order valence-electron chi connectivity index (χ2n) is 5.92. The van der Waals surface area contributed by atoms with E-state index < -0.39 is 10.0 Å². The third kappa shape index (κ3) is 4.33. The Bertz CT molecular complexity index is 1030. The number of aromatic nitrogens is 1. The highest BCUT2D eigenvalue weighted by atomic mass is 35.5. The van der Waals surface area contributed by atoms with Crippen LogP contribution in [-0.2, 0) is 10.0 Å². The van der Waals surface area contributed by atoms with Crippen LogP contribution in [0.15, 0.2) is 65.7 Å². The molecule has 0 aliphatic carbocycles. The summed E-state index contributed by atoms with van der Waals surface area (Å²) >= 11 is 5.86. The first-order chi connectivity index (χ1) is 12.3. The zero-order valence-electron chi connectivity index (χ0n) is 14.3. The number of aryl methyl sites for hydroxylation is 2. The first-order valence-corrected chi connectivity index (χ1v) is 9.78. The normalized spacial score (nSPS) is 11.2. The minimum absolute atomic E-state index is 0.0994. The lowest BCUT2D eigenvalue weighted by Gasteiger charge is -2.10. The second-order valence-corrected chi connectivity index (χ2v) is 8.04. The number of nitrogens with one attached hydrogen (secondary N) is 2. The molecule has 0 bridgehead atoms. The van der Waals surface area contributed by atoms with E-state index in [4.69, 9.17) is 11.6 Å². The smallest absolute Gasteiger partial charge is 0.261 e.